The molecule has 0 radical (unpaired) electrons. The lowest BCUT2D eigenvalue weighted by molar-refractivity contribution is 0.0986. The summed E-state index contributed by atoms with van der Waals surface area (Å²) in [4.78, 5) is 21.9. The van der Waals surface area contributed by atoms with Crippen molar-refractivity contribution in [3.05, 3.63) is 42.0 Å². The van der Waals surface area contributed by atoms with E-state index in [1.807, 2.05) is 26.2 Å². The standard InChI is InChI=1S/C21H23N3O4S/c1-23(2)9-4-10-24(20(25)14-5-7-15(26-3)8-6-14)21-22-16-11-17-18(28-13-27-17)12-19(16)29-21/h5-8,11-12H,4,9-10,13H2,1-3H3. The lowest BCUT2D eigenvalue weighted by Crippen LogP contribution is -2.33. The second-order valence-corrected chi connectivity index (χ2v) is 8.02. The Morgan fingerprint density at radius 1 is 1.14 bits per heavy atom. The molecule has 152 valence electrons. The Bertz CT molecular complexity index is 976. The Balaban J connectivity index is 1.65. The molecule has 1 amide bonds. The Morgan fingerprint density at radius 2 is 1.86 bits per heavy atom. The van der Waals surface area contributed by atoms with Crippen molar-refractivity contribution in [3.63, 3.8) is 0 Å². The normalized spacial score (nSPS) is 12.6. The van der Waals surface area contributed by atoms with E-state index < -0.39 is 0 Å². The van der Waals surface area contributed by atoms with Gasteiger partial charge in [-0.25, -0.2) is 4.98 Å². The van der Waals surface area contributed by atoms with E-state index in [0.29, 0.717) is 28.7 Å². The molecule has 0 saturated heterocycles. The minimum atomic E-state index is -0.0782. The predicted octanol–water partition coefficient (Wildman–Crippen LogP) is 3.63. The number of rotatable bonds is 7. The van der Waals surface area contributed by atoms with E-state index in [2.05, 4.69) is 4.90 Å². The molecular weight excluding hydrogens is 390 g/mol. The number of nitrogens with zero attached hydrogens (tertiary/aromatic N) is 3. The molecule has 1 aliphatic heterocycles. The van der Waals surface area contributed by atoms with Gasteiger partial charge in [-0.2, -0.15) is 0 Å². The second-order valence-electron chi connectivity index (χ2n) is 7.01. The first kappa shape index (κ1) is 19.5. The largest absolute Gasteiger partial charge is 0.497 e. The number of hydrogen-bond donors (Lipinski definition) is 0. The van der Waals surface area contributed by atoms with Crippen molar-refractivity contribution < 1.29 is 19.0 Å². The fraction of sp³-hybridized carbons (Fsp3) is 0.333. The van der Waals surface area contributed by atoms with Crippen LogP contribution in [0.2, 0.25) is 0 Å². The van der Waals surface area contributed by atoms with Crippen LogP contribution < -0.4 is 19.1 Å². The Hall–Kier alpha value is -2.84. The van der Waals surface area contributed by atoms with Crippen molar-refractivity contribution in [2.24, 2.45) is 0 Å². The average molecular weight is 413 g/mol. The number of thiazole rings is 1. The maximum absolute atomic E-state index is 13.3. The second kappa shape index (κ2) is 8.26. The number of ether oxygens (including phenoxy) is 3. The topological polar surface area (TPSA) is 64.1 Å². The quantitative estimate of drug-likeness (QED) is 0.589. The number of hydrogen-bond acceptors (Lipinski definition) is 7. The van der Waals surface area contributed by atoms with Gasteiger partial charge in [0.1, 0.15) is 5.75 Å². The molecule has 4 rings (SSSR count). The number of benzene rings is 2. The van der Waals surface area contributed by atoms with Crippen LogP contribution in [-0.4, -0.2) is 56.9 Å². The summed E-state index contributed by atoms with van der Waals surface area (Å²) >= 11 is 1.48. The number of amides is 1. The van der Waals surface area contributed by atoms with Crippen LogP contribution in [0.3, 0.4) is 0 Å². The monoisotopic (exact) mass is 413 g/mol. The molecule has 0 fully saturated rings. The molecule has 2 aromatic carbocycles. The molecule has 0 atom stereocenters. The zero-order chi connectivity index (χ0) is 20.4. The lowest BCUT2D eigenvalue weighted by Gasteiger charge is -2.21. The van der Waals surface area contributed by atoms with Crippen molar-refractivity contribution in [1.82, 2.24) is 9.88 Å². The van der Waals surface area contributed by atoms with Gasteiger partial charge < -0.3 is 19.1 Å². The molecule has 3 aromatic rings. The van der Waals surface area contributed by atoms with Crippen LogP contribution in [0.15, 0.2) is 36.4 Å². The van der Waals surface area contributed by atoms with Gasteiger partial charge >= 0.3 is 0 Å². The van der Waals surface area contributed by atoms with Crippen LogP contribution in [0.1, 0.15) is 16.8 Å². The van der Waals surface area contributed by atoms with Gasteiger partial charge in [0.05, 0.1) is 17.3 Å². The summed E-state index contributed by atoms with van der Waals surface area (Å²) in [5, 5.41) is 0.670. The van der Waals surface area contributed by atoms with Crippen LogP contribution in [0, 0.1) is 0 Å². The summed E-state index contributed by atoms with van der Waals surface area (Å²) in [6, 6.07) is 10.9. The molecule has 0 N–H and O–H groups in total. The summed E-state index contributed by atoms with van der Waals surface area (Å²) in [5.41, 5.74) is 1.40. The Labute approximate surface area is 173 Å². The fourth-order valence-electron chi connectivity index (χ4n) is 3.14. The van der Waals surface area contributed by atoms with Gasteiger partial charge in [-0.05, 0) is 51.3 Å². The van der Waals surface area contributed by atoms with Gasteiger partial charge in [0.15, 0.2) is 16.6 Å². The van der Waals surface area contributed by atoms with E-state index in [1.54, 1.807) is 36.3 Å². The van der Waals surface area contributed by atoms with Gasteiger partial charge in [0, 0.05) is 24.2 Å². The predicted molar refractivity (Wildman–Crippen MR) is 114 cm³/mol. The Kier molecular flexibility index (Phi) is 5.55. The summed E-state index contributed by atoms with van der Waals surface area (Å²) < 4.78 is 17.1. The maximum atomic E-state index is 13.3. The minimum Gasteiger partial charge on any atom is -0.497 e. The minimum absolute atomic E-state index is 0.0782. The molecule has 0 unspecified atom stereocenters. The molecular formula is C21H23N3O4S. The van der Waals surface area contributed by atoms with Crippen LogP contribution in [0.25, 0.3) is 10.2 Å². The molecule has 29 heavy (non-hydrogen) atoms. The van der Waals surface area contributed by atoms with Crippen molar-refractivity contribution in [2.75, 3.05) is 46.0 Å². The number of fused-ring (bicyclic) bond motifs is 2. The molecule has 0 aliphatic carbocycles. The molecule has 1 aromatic heterocycles. The number of aromatic nitrogens is 1. The number of carbonyl (C=O) groups is 1. The van der Waals surface area contributed by atoms with E-state index in [-0.39, 0.29) is 12.7 Å². The van der Waals surface area contributed by atoms with Gasteiger partial charge in [-0.3, -0.25) is 9.69 Å². The van der Waals surface area contributed by atoms with E-state index in [0.717, 1.165) is 28.9 Å². The number of anilines is 1. The highest BCUT2D eigenvalue weighted by molar-refractivity contribution is 7.22. The van der Waals surface area contributed by atoms with E-state index in [1.165, 1.54) is 11.3 Å². The third-order valence-electron chi connectivity index (χ3n) is 4.67. The summed E-state index contributed by atoms with van der Waals surface area (Å²) in [5.74, 6) is 2.05. The maximum Gasteiger partial charge on any atom is 0.260 e. The fourth-order valence-corrected chi connectivity index (χ4v) is 4.14. The van der Waals surface area contributed by atoms with Gasteiger partial charge in [0.25, 0.3) is 5.91 Å². The molecule has 2 heterocycles. The third-order valence-corrected chi connectivity index (χ3v) is 5.71. The van der Waals surface area contributed by atoms with Crippen molar-refractivity contribution in [1.29, 1.82) is 0 Å². The highest BCUT2D eigenvalue weighted by Crippen LogP contribution is 2.40. The van der Waals surface area contributed by atoms with Crippen LogP contribution in [0.5, 0.6) is 17.2 Å². The van der Waals surface area contributed by atoms with Crippen molar-refractivity contribution in [2.45, 2.75) is 6.42 Å². The first-order valence-corrected chi connectivity index (χ1v) is 10.2. The Morgan fingerprint density at radius 3 is 2.55 bits per heavy atom. The van der Waals surface area contributed by atoms with E-state index >= 15 is 0 Å². The highest BCUT2D eigenvalue weighted by atomic mass is 32.1. The molecule has 8 heteroatoms. The summed E-state index contributed by atoms with van der Waals surface area (Å²) in [6.07, 6.45) is 0.841. The highest BCUT2D eigenvalue weighted by Gasteiger charge is 2.23. The summed E-state index contributed by atoms with van der Waals surface area (Å²) in [6.45, 7) is 1.69. The van der Waals surface area contributed by atoms with Crippen LogP contribution in [0.4, 0.5) is 5.13 Å². The van der Waals surface area contributed by atoms with Gasteiger partial charge in [-0.1, -0.05) is 11.3 Å². The molecule has 1 aliphatic rings. The van der Waals surface area contributed by atoms with Gasteiger partial charge in [-0.15, -0.1) is 0 Å². The smallest absolute Gasteiger partial charge is 0.260 e. The molecule has 0 bridgehead atoms. The number of carbonyl (C=O) groups excluding carboxylic acids is 1. The molecule has 0 saturated carbocycles. The first-order chi connectivity index (χ1) is 14.0. The van der Waals surface area contributed by atoms with E-state index in [4.69, 9.17) is 19.2 Å². The zero-order valence-corrected chi connectivity index (χ0v) is 17.5. The third kappa shape index (κ3) is 4.13. The summed E-state index contributed by atoms with van der Waals surface area (Å²) in [7, 11) is 5.65. The number of methoxy groups -OCH3 is 1. The molecule has 7 nitrogen and oxygen atoms in total. The van der Waals surface area contributed by atoms with Crippen LogP contribution >= 0.6 is 11.3 Å². The van der Waals surface area contributed by atoms with Crippen molar-refractivity contribution >= 4 is 32.6 Å². The van der Waals surface area contributed by atoms with Crippen LogP contribution in [-0.2, 0) is 0 Å². The first-order valence-electron chi connectivity index (χ1n) is 9.36. The van der Waals surface area contributed by atoms with E-state index in [9.17, 15) is 4.79 Å². The van der Waals surface area contributed by atoms with Crippen molar-refractivity contribution in [3.8, 4) is 17.2 Å². The molecule has 0 spiro atoms. The zero-order valence-electron chi connectivity index (χ0n) is 16.7. The SMILES string of the molecule is COc1ccc(C(=O)N(CCCN(C)C)c2nc3cc4c(cc3s2)OCO4)cc1. The average Bonchev–Trinajstić information content (AvgIpc) is 3.34. The lowest BCUT2D eigenvalue weighted by atomic mass is 10.2. The van der Waals surface area contributed by atoms with Gasteiger partial charge in [0.2, 0.25) is 6.79 Å².